The Bertz CT molecular complexity index is 710. The standard InChI is InChI=1S/C19H21NO3/c1-5-17(21)23-16-8-6-15(7-9-16)19(22)20-18-13(3)10-12(2)11-14(18)4/h6-11H,5H2,1-4H3,(H,20,22). The summed E-state index contributed by atoms with van der Waals surface area (Å²) in [4.78, 5) is 23.6. The van der Waals surface area contributed by atoms with Gasteiger partial charge in [0.1, 0.15) is 5.75 Å². The molecule has 1 amide bonds. The van der Waals surface area contributed by atoms with Crippen molar-refractivity contribution in [2.45, 2.75) is 34.1 Å². The maximum Gasteiger partial charge on any atom is 0.310 e. The molecule has 1 N–H and O–H groups in total. The first-order valence-corrected chi connectivity index (χ1v) is 7.60. The average Bonchev–Trinajstić information content (AvgIpc) is 2.51. The fourth-order valence-electron chi connectivity index (χ4n) is 2.44. The third-order valence-electron chi connectivity index (χ3n) is 3.55. The Morgan fingerprint density at radius 3 is 2.09 bits per heavy atom. The molecular weight excluding hydrogens is 290 g/mol. The Kier molecular flexibility index (Phi) is 5.16. The molecule has 0 aliphatic carbocycles. The summed E-state index contributed by atoms with van der Waals surface area (Å²) in [7, 11) is 0. The lowest BCUT2D eigenvalue weighted by molar-refractivity contribution is -0.134. The first-order valence-electron chi connectivity index (χ1n) is 7.60. The Hall–Kier alpha value is -2.62. The van der Waals surface area contributed by atoms with Crippen molar-refractivity contribution in [3.8, 4) is 5.75 Å². The number of aryl methyl sites for hydroxylation is 3. The minimum absolute atomic E-state index is 0.187. The molecule has 0 saturated heterocycles. The third kappa shape index (κ3) is 4.19. The van der Waals surface area contributed by atoms with Crippen molar-refractivity contribution in [1.82, 2.24) is 0 Å². The summed E-state index contributed by atoms with van der Waals surface area (Å²) in [5.74, 6) is -0.0439. The monoisotopic (exact) mass is 311 g/mol. The van der Waals surface area contributed by atoms with Crippen LogP contribution in [0.3, 0.4) is 0 Å². The quantitative estimate of drug-likeness (QED) is 0.680. The van der Waals surface area contributed by atoms with Crippen LogP contribution < -0.4 is 10.1 Å². The minimum atomic E-state index is -0.298. The van der Waals surface area contributed by atoms with Crippen LogP contribution in [0.4, 0.5) is 5.69 Å². The zero-order valence-electron chi connectivity index (χ0n) is 13.9. The molecule has 4 heteroatoms. The summed E-state index contributed by atoms with van der Waals surface area (Å²) in [5.41, 5.74) is 4.58. The molecule has 2 aromatic carbocycles. The number of benzene rings is 2. The van der Waals surface area contributed by atoms with Gasteiger partial charge in [-0.15, -0.1) is 0 Å². The number of hydrogen-bond acceptors (Lipinski definition) is 3. The fraction of sp³-hybridized carbons (Fsp3) is 0.263. The fourth-order valence-corrected chi connectivity index (χ4v) is 2.44. The molecule has 23 heavy (non-hydrogen) atoms. The lowest BCUT2D eigenvalue weighted by Crippen LogP contribution is -2.14. The van der Waals surface area contributed by atoms with E-state index >= 15 is 0 Å². The molecule has 0 aromatic heterocycles. The summed E-state index contributed by atoms with van der Waals surface area (Å²) >= 11 is 0. The van der Waals surface area contributed by atoms with Gasteiger partial charge in [-0.05, 0) is 56.2 Å². The second-order valence-corrected chi connectivity index (χ2v) is 5.58. The second-order valence-electron chi connectivity index (χ2n) is 5.58. The average molecular weight is 311 g/mol. The van der Waals surface area contributed by atoms with Crippen molar-refractivity contribution in [2.75, 3.05) is 5.32 Å². The van der Waals surface area contributed by atoms with Crippen molar-refractivity contribution in [2.24, 2.45) is 0 Å². The summed E-state index contributed by atoms with van der Waals surface area (Å²) < 4.78 is 5.10. The first kappa shape index (κ1) is 16.7. The van der Waals surface area contributed by atoms with Crippen molar-refractivity contribution < 1.29 is 14.3 Å². The molecule has 120 valence electrons. The third-order valence-corrected chi connectivity index (χ3v) is 3.55. The summed E-state index contributed by atoms with van der Waals surface area (Å²) in [5, 5.41) is 2.95. The van der Waals surface area contributed by atoms with Gasteiger partial charge < -0.3 is 10.1 Å². The molecule has 2 rings (SSSR count). The molecule has 4 nitrogen and oxygen atoms in total. The van der Waals surface area contributed by atoms with Gasteiger partial charge in [-0.2, -0.15) is 0 Å². The van der Waals surface area contributed by atoms with E-state index in [0.717, 1.165) is 16.8 Å². The van der Waals surface area contributed by atoms with Crippen LogP contribution >= 0.6 is 0 Å². The van der Waals surface area contributed by atoms with Crippen molar-refractivity contribution in [1.29, 1.82) is 0 Å². The molecule has 0 unspecified atom stereocenters. The highest BCUT2D eigenvalue weighted by atomic mass is 16.5. The lowest BCUT2D eigenvalue weighted by atomic mass is 10.0. The molecule has 0 fully saturated rings. The number of ether oxygens (including phenoxy) is 1. The van der Waals surface area contributed by atoms with Gasteiger partial charge in [0.25, 0.3) is 5.91 Å². The van der Waals surface area contributed by atoms with Crippen molar-refractivity contribution in [3.63, 3.8) is 0 Å². The summed E-state index contributed by atoms with van der Waals surface area (Å²) in [6, 6.07) is 10.6. The van der Waals surface area contributed by atoms with Gasteiger partial charge in [0.15, 0.2) is 0 Å². The van der Waals surface area contributed by atoms with Gasteiger partial charge in [0.2, 0.25) is 0 Å². The zero-order valence-corrected chi connectivity index (χ0v) is 13.9. The number of esters is 1. The minimum Gasteiger partial charge on any atom is -0.427 e. The van der Waals surface area contributed by atoms with Crippen LogP contribution in [0.15, 0.2) is 36.4 Å². The van der Waals surface area contributed by atoms with Crippen LogP contribution in [0.2, 0.25) is 0 Å². The van der Waals surface area contributed by atoms with Gasteiger partial charge >= 0.3 is 5.97 Å². The molecule has 0 heterocycles. The van der Waals surface area contributed by atoms with E-state index in [9.17, 15) is 9.59 Å². The Balaban J connectivity index is 2.14. The predicted molar refractivity (Wildman–Crippen MR) is 91.0 cm³/mol. The van der Waals surface area contributed by atoms with E-state index in [2.05, 4.69) is 5.32 Å². The normalized spacial score (nSPS) is 10.3. The number of hydrogen-bond donors (Lipinski definition) is 1. The number of carbonyl (C=O) groups excluding carboxylic acids is 2. The van der Waals surface area contributed by atoms with E-state index in [0.29, 0.717) is 17.7 Å². The smallest absolute Gasteiger partial charge is 0.310 e. The van der Waals surface area contributed by atoms with Gasteiger partial charge in [-0.25, -0.2) is 0 Å². The van der Waals surface area contributed by atoms with Crippen LogP contribution in [-0.2, 0) is 4.79 Å². The van der Waals surface area contributed by atoms with E-state index in [4.69, 9.17) is 4.74 Å². The van der Waals surface area contributed by atoms with Crippen LogP contribution in [0.5, 0.6) is 5.75 Å². The molecular formula is C19H21NO3. The van der Waals surface area contributed by atoms with Gasteiger partial charge in [0.05, 0.1) is 0 Å². The zero-order chi connectivity index (χ0) is 17.0. The van der Waals surface area contributed by atoms with E-state index < -0.39 is 0 Å². The predicted octanol–water partition coefficient (Wildman–Crippen LogP) is 4.18. The van der Waals surface area contributed by atoms with E-state index in [1.54, 1.807) is 31.2 Å². The SMILES string of the molecule is CCC(=O)Oc1ccc(C(=O)Nc2c(C)cc(C)cc2C)cc1. The van der Waals surface area contributed by atoms with E-state index in [1.165, 1.54) is 5.56 Å². The van der Waals surface area contributed by atoms with E-state index in [1.807, 2.05) is 32.9 Å². The molecule has 0 aliphatic heterocycles. The van der Waals surface area contributed by atoms with Gasteiger partial charge in [0, 0.05) is 17.7 Å². The number of rotatable bonds is 4. The van der Waals surface area contributed by atoms with Gasteiger partial charge in [-0.3, -0.25) is 9.59 Å². The molecule has 0 atom stereocenters. The maximum absolute atomic E-state index is 12.4. The maximum atomic E-state index is 12.4. The molecule has 0 spiro atoms. The van der Waals surface area contributed by atoms with Crippen LogP contribution in [0, 0.1) is 20.8 Å². The Morgan fingerprint density at radius 2 is 1.57 bits per heavy atom. The van der Waals surface area contributed by atoms with Crippen LogP contribution in [-0.4, -0.2) is 11.9 Å². The highest BCUT2D eigenvalue weighted by molar-refractivity contribution is 6.05. The number of carbonyl (C=O) groups is 2. The topological polar surface area (TPSA) is 55.4 Å². The van der Waals surface area contributed by atoms with Crippen LogP contribution in [0.1, 0.15) is 40.4 Å². The number of anilines is 1. The first-order chi connectivity index (χ1) is 10.9. The van der Waals surface area contributed by atoms with Crippen molar-refractivity contribution >= 4 is 17.6 Å². The Labute approximate surface area is 136 Å². The largest absolute Gasteiger partial charge is 0.427 e. The molecule has 2 aromatic rings. The highest BCUT2D eigenvalue weighted by Gasteiger charge is 2.11. The Morgan fingerprint density at radius 1 is 1.00 bits per heavy atom. The molecule has 0 radical (unpaired) electrons. The second kappa shape index (κ2) is 7.09. The summed E-state index contributed by atoms with van der Waals surface area (Å²) in [6.07, 6.45) is 0.314. The van der Waals surface area contributed by atoms with Crippen LogP contribution in [0.25, 0.3) is 0 Å². The highest BCUT2D eigenvalue weighted by Crippen LogP contribution is 2.23. The number of amides is 1. The molecule has 0 saturated carbocycles. The number of nitrogens with one attached hydrogen (secondary N) is 1. The lowest BCUT2D eigenvalue weighted by Gasteiger charge is -2.13. The summed E-state index contributed by atoms with van der Waals surface area (Å²) in [6.45, 7) is 7.71. The van der Waals surface area contributed by atoms with E-state index in [-0.39, 0.29) is 11.9 Å². The van der Waals surface area contributed by atoms with Gasteiger partial charge in [-0.1, -0.05) is 24.6 Å². The molecule has 0 bridgehead atoms. The molecule has 0 aliphatic rings. The van der Waals surface area contributed by atoms with Crippen molar-refractivity contribution in [3.05, 3.63) is 58.7 Å².